The molecule has 0 aromatic carbocycles. The van der Waals surface area contributed by atoms with Gasteiger partial charge in [0.05, 0.1) is 10.3 Å². The molecule has 0 bridgehead atoms. The minimum atomic E-state index is -1.29. The average Bonchev–Trinajstić information content (AvgIpc) is 1.97. The van der Waals surface area contributed by atoms with Gasteiger partial charge >= 0.3 is 0 Å². The molecule has 0 unspecified atom stereocenters. The van der Waals surface area contributed by atoms with Crippen LogP contribution in [0.5, 0.6) is 0 Å². The van der Waals surface area contributed by atoms with Crippen LogP contribution in [0.3, 0.4) is 0 Å². The van der Waals surface area contributed by atoms with Gasteiger partial charge in [-0.2, -0.15) is 4.39 Å². The average molecular weight is 118 g/mol. The van der Waals surface area contributed by atoms with Crippen LogP contribution in [-0.2, 0) is 0 Å². The van der Waals surface area contributed by atoms with Gasteiger partial charge in [-0.15, -0.1) is 0 Å². The van der Waals surface area contributed by atoms with Crippen LogP contribution < -0.4 is 0 Å². The normalized spacial score (nSPS) is 14.5. The summed E-state index contributed by atoms with van der Waals surface area (Å²) in [7, 11) is 0. The third kappa shape index (κ3) is 0.992. The monoisotopic (exact) mass is 118 g/mol. The summed E-state index contributed by atoms with van der Waals surface area (Å²) in [5.41, 5.74) is 0. The Hall–Kier alpha value is -0.990. The van der Waals surface area contributed by atoms with E-state index < -0.39 is 30.0 Å². The van der Waals surface area contributed by atoms with Crippen molar-refractivity contribution in [2.45, 2.75) is 0 Å². The summed E-state index contributed by atoms with van der Waals surface area (Å²) in [6.07, 6.45) is -0.941. The third-order valence-corrected chi connectivity index (χ3v) is 0.528. The van der Waals surface area contributed by atoms with Gasteiger partial charge in [-0.3, -0.25) is 0 Å². The Morgan fingerprint density at radius 2 is 2.25 bits per heavy atom. The van der Waals surface area contributed by atoms with E-state index in [9.17, 15) is 8.78 Å². The van der Waals surface area contributed by atoms with Crippen LogP contribution in [-0.4, -0.2) is 4.98 Å². The summed E-state index contributed by atoms with van der Waals surface area (Å²) in [5, 5.41) is 0. The van der Waals surface area contributed by atoms with Crippen LogP contribution in [0.4, 0.5) is 8.78 Å². The number of hydrogen-bond donors (Lipinski definition) is 0. The zero-order valence-electron chi connectivity index (χ0n) is 6.70. The predicted molar refractivity (Wildman–Crippen MR) is 24.2 cm³/mol. The Labute approximate surface area is 49.2 Å². The van der Waals surface area contributed by atoms with E-state index in [0.717, 1.165) is 0 Å². The molecule has 42 valence electrons. The second-order valence-electron chi connectivity index (χ2n) is 1.08. The largest absolute Gasteiger partial charge is 0.225 e. The lowest BCUT2D eigenvalue weighted by Crippen LogP contribution is -1.80. The topological polar surface area (TPSA) is 12.9 Å². The molecule has 1 heterocycles. The highest BCUT2D eigenvalue weighted by molar-refractivity contribution is 4.94. The molecule has 8 heavy (non-hydrogen) atoms. The first-order valence-corrected chi connectivity index (χ1v) is 1.83. The van der Waals surface area contributed by atoms with Crippen LogP contribution in [0.2, 0.25) is 0 Å². The lowest BCUT2D eigenvalue weighted by molar-refractivity contribution is 0.560. The number of pyridine rings is 1. The first-order valence-electron chi connectivity index (χ1n) is 3.33. The van der Waals surface area contributed by atoms with Gasteiger partial charge in [0.15, 0.2) is 0 Å². The molecule has 1 nitrogen and oxygen atoms in total. The predicted octanol–water partition coefficient (Wildman–Crippen LogP) is 1.36. The van der Waals surface area contributed by atoms with E-state index >= 15 is 0 Å². The van der Waals surface area contributed by atoms with Crippen LogP contribution in [0, 0.1) is 11.8 Å². The highest BCUT2D eigenvalue weighted by atomic mass is 19.1. The van der Waals surface area contributed by atoms with Gasteiger partial charge in [-0.05, 0) is 12.1 Å². The van der Waals surface area contributed by atoms with Crippen LogP contribution in [0.1, 0.15) is 4.11 Å². The minimum absolute atomic E-state index is 0.918. The summed E-state index contributed by atoms with van der Waals surface area (Å²) in [4.78, 5) is 2.75. The highest BCUT2D eigenvalue weighted by Crippen LogP contribution is 1.93. The Morgan fingerprint density at radius 3 is 3.00 bits per heavy atom. The first kappa shape index (κ1) is 2.53. The molecule has 3 heteroatoms. The van der Waals surface area contributed by atoms with Crippen molar-refractivity contribution in [2.75, 3.05) is 0 Å². The van der Waals surface area contributed by atoms with Crippen molar-refractivity contribution in [3.05, 3.63) is 30.0 Å². The van der Waals surface area contributed by atoms with Gasteiger partial charge < -0.3 is 0 Å². The minimum Gasteiger partial charge on any atom is -0.225 e. The van der Waals surface area contributed by atoms with E-state index in [1.54, 1.807) is 0 Å². The van der Waals surface area contributed by atoms with Crippen LogP contribution >= 0.6 is 0 Å². The van der Waals surface area contributed by atoms with Gasteiger partial charge in [0.1, 0.15) is 5.82 Å². The van der Waals surface area contributed by atoms with E-state index in [2.05, 4.69) is 4.98 Å². The molecule has 0 atom stereocenters. The second-order valence-corrected chi connectivity index (χ2v) is 1.08. The van der Waals surface area contributed by atoms with Crippen molar-refractivity contribution in [1.29, 1.82) is 0 Å². The van der Waals surface area contributed by atoms with E-state index in [1.165, 1.54) is 0 Å². The van der Waals surface area contributed by atoms with E-state index in [4.69, 9.17) is 4.11 Å². The quantitative estimate of drug-likeness (QED) is 0.469. The van der Waals surface area contributed by atoms with Crippen molar-refractivity contribution in [3.8, 4) is 0 Å². The van der Waals surface area contributed by atoms with Gasteiger partial charge in [-0.25, -0.2) is 9.37 Å². The molecule has 1 rings (SSSR count). The fraction of sp³-hybridized carbons (Fsp3) is 0. The standard InChI is InChI=1S/C5H3F2N/c6-4-1-2-5(7)8-3-4/h1-3H/i1D,2D,3D. The lowest BCUT2D eigenvalue weighted by Gasteiger charge is -1.83. The molecule has 0 radical (unpaired) electrons. The van der Waals surface area contributed by atoms with Gasteiger partial charge in [0.2, 0.25) is 5.95 Å². The Morgan fingerprint density at radius 1 is 1.50 bits per heavy atom. The van der Waals surface area contributed by atoms with Gasteiger partial charge in [-0.1, -0.05) is 0 Å². The molecule has 0 N–H and O–H groups in total. The molecule has 0 fully saturated rings. The second kappa shape index (κ2) is 1.86. The third-order valence-electron chi connectivity index (χ3n) is 0.528. The molecule has 0 saturated carbocycles. The Kier molecular flexibility index (Phi) is 0.587. The van der Waals surface area contributed by atoms with E-state index in [0.29, 0.717) is 0 Å². The molecule has 0 aliphatic heterocycles. The molecule has 1 aromatic rings. The summed E-state index contributed by atoms with van der Waals surface area (Å²) in [5.74, 6) is -2.56. The maximum atomic E-state index is 12.4. The fourth-order valence-corrected chi connectivity index (χ4v) is 0.261. The fourth-order valence-electron chi connectivity index (χ4n) is 0.261. The summed E-state index contributed by atoms with van der Waals surface area (Å²) in [6, 6.07) is -1.85. The van der Waals surface area contributed by atoms with E-state index in [-0.39, 0.29) is 0 Å². The number of aromatic nitrogens is 1. The molecule has 1 aromatic heterocycles. The molecule has 0 aliphatic carbocycles. The summed E-state index contributed by atoms with van der Waals surface area (Å²) in [6.45, 7) is 0. The lowest BCUT2D eigenvalue weighted by atomic mass is 10.5. The molecule has 0 saturated heterocycles. The van der Waals surface area contributed by atoms with Crippen molar-refractivity contribution in [3.63, 3.8) is 0 Å². The molecule has 0 amide bonds. The zero-order valence-corrected chi connectivity index (χ0v) is 3.70. The Balaban J connectivity index is 3.46. The first-order chi connectivity index (χ1) is 5.04. The van der Waals surface area contributed by atoms with Crippen LogP contribution in [0.25, 0.3) is 0 Å². The number of nitrogens with zero attached hydrogens (tertiary/aromatic N) is 1. The molecular weight excluding hydrogens is 112 g/mol. The molecule has 0 spiro atoms. The van der Waals surface area contributed by atoms with Crippen molar-refractivity contribution >= 4 is 0 Å². The number of rotatable bonds is 0. The maximum Gasteiger partial charge on any atom is 0.212 e. The Bertz CT molecular complexity index is 276. The highest BCUT2D eigenvalue weighted by Gasteiger charge is 1.88. The summed E-state index contributed by atoms with van der Waals surface area (Å²) >= 11 is 0. The zero-order chi connectivity index (χ0) is 8.59. The van der Waals surface area contributed by atoms with Crippen molar-refractivity contribution in [1.82, 2.24) is 4.98 Å². The molecular formula is C5H3F2N. The SMILES string of the molecule is [2H]c1nc(F)c([2H])c([2H])c1F. The molecule has 0 aliphatic rings. The number of halogens is 2. The maximum absolute atomic E-state index is 12.4. The smallest absolute Gasteiger partial charge is 0.212 e. The van der Waals surface area contributed by atoms with Gasteiger partial charge in [0.25, 0.3) is 0 Å². The van der Waals surface area contributed by atoms with Gasteiger partial charge in [0, 0.05) is 0 Å². The van der Waals surface area contributed by atoms with Crippen molar-refractivity contribution < 1.29 is 12.9 Å². The number of hydrogen-bond acceptors (Lipinski definition) is 1. The van der Waals surface area contributed by atoms with Crippen molar-refractivity contribution in [2.24, 2.45) is 0 Å². The van der Waals surface area contributed by atoms with Crippen LogP contribution in [0.15, 0.2) is 18.3 Å². The summed E-state index contributed by atoms with van der Waals surface area (Å²) < 4.78 is 44.9. The van der Waals surface area contributed by atoms with E-state index in [1.807, 2.05) is 0 Å².